The van der Waals surface area contributed by atoms with E-state index in [1.807, 2.05) is 25.1 Å². The van der Waals surface area contributed by atoms with Gasteiger partial charge in [0.1, 0.15) is 0 Å². The van der Waals surface area contributed by atoms with Crippen LogP contribution in [0.4, 0.5) is 0 Å². The van der Waals surface area contributed by atoms with Gasteiger partial charge in [-0.25, -0.2) is 4.79 Å². The summed E-state index contributed by atoms with van der Waals surface area (Å²) in [4.78, 5) is 10.3. The molecule has 0 radical (unpaired) electrons. The first-order valence-electron chi connectivity index (χ1n) is 3.77. The number of halogens is 1. The van der Waals surface area contributed by atoms with Crippen LogP contribution in [0.25, 0.3) is 5.03 Å². The molecule has 1 aromatic carbocycles. The van der Waals surface area contributed by atoms with Gasteiger partial charge in [-0.3, -0.25) is 0 Å². The minimum atomic E-state index is -1.03. The van der Waals surface area contributed by atoms with Crippen molar-refractivity contribution in [3.05, 3.63) is 41.5 Å². The fraction of sp³-hybridized carbons (Fsp3) is 0.100. The lowest BCUT2D eigenvalue weighted by atomic mass is 10.1. The summed E-state index contributed by atoms with van der Waals surface area (Å²) < 4.78 is 0. The van der Waals surface area contributed by atoms with E-state index in [0.29, 0.717) is 0 Å². The quantitative estimate of drug-likeness (QED) is 0.739. The Bertz CT molecular complexity index is 356. The molecule has 1 rings (SSSR count). The van der Waals surface area contributed by atoms with E-state index in [0.717, 1.165) is 17.2 Å². The van der Waals surface area contributed by atoms with Crippen LogP contribution in [0.1, 0.15) is 11.1 Å². The summed E-state index contributed by atoms with van der Waals surface area (Å²) in [7, 11) is 0. The number of carboxylic acids is 1. The first kappa shape index (κ1) is 9.81. The highest BCUT2D eigenvalue weighted by molar-refractivity contribution is 6.50. The van der Waals surface area contributed by atoms with E-state index in [2.05, 4.69) is 0 Å². The van der Waals surface area contributed by atoms with Gasteiger partial charge in [-0.15, -0.1) is 0 Å². The maximum absolute atomic E-state index is 10.3. The Morgan fingerprint density at radius 2 is 2.08 bits per heavy atom. The molecule has 0 saturated heterocycles. The van der Waals surface area contributed by atoms with E-state index in [-0.39, 0.29) is 5.03 Å². The molecule has 0 aliphatic carbocycles. The lowest BCUT2D eigenvalue weighted by Gasteiger charge is -2.01. The predicted molar refractivity (Wildman–Crippen MR) is 52.6 cm³/mol. The summed E-state index contributed by atoms with van der Waals surface area (Å²) in [6.07, 6.45) is 0.990. The first-order valence-corrected chi connectivity index (χ1v) is 4.15. The molecule has 0 aromatic heterocycles. The molecule has 0 aliphatic heterocycles. The number of carboxylic acid groups (broad SMARTS) is 1. The number of aliphatic carboxylic acids is 1. The number of hydrogen-bond acceptors (Lipinski definition) is 1. The fourth-order valence-electron chi connectivity index (χ4n) is 1.03. The Labute approximate surface area is 81.5 Å². The van der Waals surface area contributed by atoms with E-state index in [1.54, 1.807) is 6.07 Å². The van der Waals surface area contributed by atoms with Crippen molar-refractivity contribution in [1.82, 2.24) is 0 Å². The average Bonchev–Trinajstić information content (AvgIpc) is 2.03. The third-order valence-electron chi connectivity index (χ3n) is 1.65. The van der Waals surface area contributed by atoms with Crippen molar-refractivity contribution >= 4 is 22.6 Å². The van der Waals surface area contributed by atoms with Gasteiger partial charge in [0.05, 0.1) is 5.03 Å². The zero-order chi connectivity index (χ0) is 9.84. The maximum Gasteiger partial charge on any atom is 0.329 e. The standard InChI is InChI=1S/C10H9ClO2/c1-7-4-2-3-5-8(7)9(11)6-10(12)13/h2-6H,1H3,(H,12,13)/b9-6-. The molecule has 13 heavy (non-hydrogen) atoms. The van der Waals surface area contributed by atoms with E-state index in [1.165, 1.54) is 0 Å². The maximum atomic E-state index is 10.3. The van der Waals surface area contributed by atoms with Gasteiger partial charge >= 0.3 is 5.97 Å². The minimum absolute atomic E-state index is 0.255. The van der Waals surface area contributed by atoms with E-state index < -0.39 is 5.97 Å². The molecule has 0 spiro atoms. The molecule has 3 heteroatoms. The van der Waals surface area contributed by atoms with Crippen molar-refractivity contribution in [3.8, 4) is 0 Å². The highest BCUT2D eigenvalue weighted by Gasteiger charge is 2.02. The van der Waals surface area contributed by atoms with Crippen LogP contribution in [0.3, 0.4) is 0 Å². The van der Waals surface area contributed by atoms with Gasteiger partial charge in [0, 0.05) is 6.08 Å². The largest absolute Gasteiger partial charge is 0.478 e. The second kappa shape index (κ2) is 4.10. The molecule has 68 valence electrons. The second-order valence-electron chi connectivity index (χ2n) is 2.65. The van der Waals surface area contributed by atoms with Gasteiger partial charge in [0.15, 0.2) is 0 Å². The lowest BCUT2D eigenvalue weighted by Crippen LogP contribution is -1.90. The van der Waals surface area contributed by atoms with Gasteiger partial charge in [0.25, 0.3) is 0 Å². The molecule has 0 unspecified atom stereocenters. The molecule has 0 bridgehead atoms. The highest BCUT2D eigenvalue weighted by atomic mass is 35.5. The van der Waals surface area contributed by atoms with Crippen molar-refractivity contribution in [2.75, 3.05) is 0 Å². The molecule has 1 N–H and O–H groups in total. The number of aryl methyl sites for hydroxylation is 1. The predicted octanol–water partition coefficient (Wildman–Crippen LogP) is 2.66. The summed E-state index contributed by atoms with van der Waals surface area (Å²) >= 11 is 5.79. The van der Waals surface area contributed by atoms with Crippen LogP contribution in [-0.2, 0) is 4.79 Å². The Kier molecular flexibility index (Phi) is 3.09. The molecule has 0 atom stereocenters. The van der Waals surface area contributed by atoms with E-state index >= 15 is 0 Å². The van der Waals surface area contributed by atoms with Gasteiger partial charge in [-0.05, 0) is 18.1 Å². The summed E-state index contributed by atoms with van der Waals surface area (Å²) in [6.45, 7) is 1.88. The molecule has 0 heterocycles. The normalized spacial score (nSPS) is 11.4. The van der Waals surface area contributed by atoms with Gasteiger partial charge < -0.3 is 5.11 Å². The Balaban J connectivity index is 3.08. The van der Waals surface area contributed by atoms with Crippen LogP contribution in [0, 0.1) is 6.92 Å². The van der Waals surface area contributed by atoms with Crippen molar-refractivity contribution in [3.63, 3.8) is 0 Å². The third kappa shape index (κ3) is 2.60. The van der Waals surface area contributed by atoms with Gasteiger partial charge in [-0.2, -0.15) is 0 Å². The number of carbonyl (C=O) groups is 1. The van der Waals surface area contributed by atoms with Crippen LogP contribution in [0.2, 0.25) is 0 Å². The molecule has 0 saturated carbocycles. The number of benzene rings is 1. The zero-order valence-corrected chi connectivity index (χ0v) is 7.88. The van der Waals surface area contributed by atoms with Crippen molar-refractivity contribution in [1.29, 1.82) is 0 Å². The van der Waals surface area contributed by atoms with Crippen LogP contribution in [-0.4, -0.2) is 11.1 Å². The number of rotatable bonds is 2. The Morgan fingerprint density at radius 3 is 2.62 bits per heavy atom. The summed E-state index contributed by atoms with van der Waals surface area (Å²) in [5.41, 5.74) is 1.72. The zero-order valence-electron chi connectivity index (χ0n) is 7.12. The first-order chi connectivity index (χ1) is 6.11. The topological polar surface area (TPSA) is 37.3 Å². The minimum Gasteiger partial charge on any atom is -0.478 e. The molecular formula is C10H9ClO2. The average molecular weight is 197 g/mol. The van der Waals surface area contributed by atoms with Crippen LogP contribution in [0.5, 0.6) is 0 Å². The highest BCUT2D eigenvalue weighted by Crippen LogP contribution is 2.21. The fourth-order valence-corrected chi connectivity index (χ4v) is 1.33. The SMILES string of the molecule is Cc1ccccc1/C(Cl)=C/C(=O)O. The third-order valence-corrected chi connectivity index (χ3v) is 1.97. The Hall–Kier alpha value is -1.28. The smallest absolute Gasteiger partial charge is 0.329 e. The molecule has 1 aromatic rings. The summed E-state index contributed by atoms with van der Waals surface area (Å²) in [6, 6.07) is 7.37. The summed E-state index contributed by atoms with van der Waals surface area (Å²) in [5.74, 6) is -1.03. The van der Waals surface area contributed by atoms with Crippen molar-refractivity contribution in [2.24, 2.45) is 0 Å². The van der Waals surface area contributed by atoms with Crippen molar-refractivity contribution < 1.29 is 9.90 Å². The van der Waals surface area contributed by atoms with Crippen LogP contribution >= 0.6 is 11.6 Å². The van der Waals surface area contributed by atoms with Crippen LogP contribution in [0.15, 0.2) is 30.3 Å². The molecular weight excluding hydrogens is 188 g/mol. The van der Waals surface area contributed by atoms with E-state index in [4.69, 9.17) is 16.7 Å². The molecule has 0 amide bonds. The molecule has 2 nitrogen and oxygen atoms in total. The second-order valence-corrected chi connectivity index (χ2v) is 3.05. The van der Waals surface area contributed by atoms with Crippen LogP contribution < -0.4 is 0 Å². The Morgan fingerprint density at radius 1 is 1.46 bits per heavy atom. The lowest BCUT2D eigenvalue weighted by molar-refractivity contribution is -0.131. The number of hydrogen-bond donors (Lipinski definition) is 1. The molecule has 0 aliphatic rings. The van der Waals surface area contributed by atoms with Gasteiger partial charge in [0.2, 0.25) is 0 Å². The van der Waals surface area contributed by atoms with Gasteiger partial charge in [-0.1, -0.05) is 35.9 Å². The van der Waals surface area contributed by atoms with Crippen molar-refractivity contribution in [2.45, 2.75) is 6.92 Å². The monoisotopic (exact) mass is 196 g/mol. The molecule has 0 fully saturated rings. The van der Waals surface area contributed by atoms with E-state index in [9.17, 15) is 4.79 Å². The summed E-state index contributed by atoms with van der Waals surface area (Å²) in [5, 5.41) is 8.73.